The Morgan fingerprint density at radius 3 is 2.36 bits per heavy atom. The van der Waals surface area contributed by atoms with E-state index in [0.717, 1.165) is 41.4 Å². The Bertz CT molecular complexity index is 480. The highest BCUT2D eigenvalue weighted by atomic mass is 14.6. The molecule has 0 heterocycles. The van der Waals surface area contributed by atoms with Crippen molar-refractivity contribution < 1.29 is 0 Å². The molecule has 25 heavy (non-hydrogen) atoms. The molecule has 4 rings (SSSR count). The van der Waals surface area contributed by atoms with Crippen LogP contribution in [-0.2, 0) is 0 Å². The van der Waals surface area contributed by atoms with Gasteiger partial charge in [0.2, 0.25) is 0 Å². The van der Waals surface area contributed by atoms with E-state index in [1.165, 1.54) is 44.9 Å². The van der Waals surface area contributed by atoms with Crippen LogP contribution in [0.5, 0.6) is 0 Å². The SMILES string of the molecule is CCC12CCCCCCC1CC1(C)CC(CC3C(C)C3CC1C)C2C. The van der Waals surface area contributed by atoms with Gasteiger partial charge in [-0.25, -0.2) is 0 Å². The molecule has 0 spiro atoms. The summed E-state index contributed by atoms with van der Waals surface area (Å²) >= 11 is 0. The van der Waals surface area contributed by atoms with Crippen molar-refractivity contribution in [2.75, 3.05) is 0 Å². The first-order valence-electron chi connectivity index (χ1n) is 11.9. The quantitative estimate of drug-likeness (QED) is 0.457. The van der Waals surface area contributed by atoms with Gasteiger partial charge in [0.25, 0.3) is 0 Å². The van der Waals surface area contributed by atoms with Crippen molar-refractivity contribution in [3.05, 3.63) is 0 Å². The molecule has 9 unspecified atom stereocenters. The van der Waals surface area contributed by atoms with Crippen LogP contribution >= 0.6 is 0 Å². The van der Waals surface area contributed by atoms with Crippen molar-refractivity contribution in [3.8, 4) is 0 Å². The van der Waals surface area contributed by atoms with E-state index < -0.39 is 0 Å². The van der Waals surface area contributed by atoms with Crippen LogP contribution in [0.3, 0.4) is 0 Å². The summed E-state index contributed by atoms with van der Waals surface area (Å²) in [5.74, 6) is 7.11. The third-order valence-corrected chi connectivity index (χ3v) is 10.6. The van der Waals surface area contributed by atoms with Crippen LogP contribution < -0.4 is 0 Å². The highest BCUT2D eigenvalue weighted by Gasteiger charge is 2.57. The Hall–Kier alpha value is 0. The van der Waals surface area contributed by atoms with Crippen LogP contribution in [0.25, 0.3) is 0 Å². The minimum absolute atomic E-state index is 0.618. The topological polar surface area (TPSA) is 0 Å². The molecule has 0 aromatic rings. The molecule has 4 fully saturated rings. The first-order chi connectivity index (χ1) is 11.9. The predicted molar refractivity (Wildman–Crippen MR) is 108 cm³/mol. The maximum absolute atomic E-state index is 2.72. The Labute approximate surface area is 157 Å². The van der Waals surface area contributed by atoms with Gasteiger partial charge in [0.15, 0.2) is 0 Å². The lowest BCUT2D eigenvalue weighted by molar-refractivity contribution is 0.0170. The van der Waals surface area contributed by atoms with Crippen LogP contribution in [-0.4, -0.2) is 0 Å². The van der Waals surface area contributed by atoms with Crippen LogP contribution in [0, 0.1) is 52.3 Å². The lowest BCUT2D eigenvalue weighted by Gasteiger charge is -2.48. The fourth-order valence-corrected chi connectivity index (χ4v) is 8.42. The van der Waals surface area contributed by atoms with E-state index in [0.29, 0.717) is 10.8 Å². The minimum Gasteiger partial charge on any atom is -0.0648 e. The predicted octanol–water partition coefficient (Wildman–Crippen LogP) is 7.72. The molecule has 0 saturated heterocycles. The summed E-state index contributed by atoms with van der Waals surface area (Å²) in [5.41, 5.74) is 1.29. The van der Waals surface area contributed by atoms with E-state index in [1.807, 2.05) is 0 Å². The molecule has 0 radical (unpaired) electrons. The van der Waals surface area contributed by atoms with Gasteiger partial charge in [-0.15, -0.1) is 0 Å². The lowest BCUT2D eigenvalue weighted by atomic mass is 9.57. The minimum atomic E-state index is 0.618. The van der Waals surface area contributed by atoms with E-state index >= 15 is 0 Å². The number of fused-ring (bicyclic) bond motifs is 4. The van der Waals surface area contributed by atoms with E-state index in [1.54, 1.807) is 25.7 Å². The fourth-order valence-electron chi connectivity index (χ4n) is 8.42. The van der Waals surface area contributed by atoms with Gasteiger partial charge in [0.05, 0.1) is 0 Å². The smallest absolute Gasteiger partial charge is 0.0243 e. The van der Waals surface area contributed by atoms with Crippen molar-refractivity contribution in [1.82, 2.24) is 0 Å². The maximum atomic E-state index is 2.72. The first kappa shape index (κ1) is 18.4. The largest absolute Gasteiger partial charge is 0.0648 e. The van der Waals surface area contributed by atoms with E-state index in [4.69, 9.17) is 0 Å². The van der Waals surface area contributed by atoms with Gasteiger partial charge >= 0.3 is 0 Å². The molecule has 0 aromatic carbocycles. The van der Waals surface area contributed by atoms with Crippen molar-refractivity contribution in [1.29, 1.82) is 0 Å². The first-order valence-corrected chi connectivity index (χ1v) is 11.9. The molecule has 0 amide bonds. The molecule has 9 atom stereocenters. The maximum Gasteiger partial charge on any atom is -0.0243 e. The standard InChI is InChI=1S/C25H44/c1-6-25-12-10-8-7-9-11-21(25)16-24(5)15-20(19(25)4)14-23-18(3)22(23)13-17(24)2/h17-23H,6-16H2,1-5H3. The van der Waals surface area contributed by atoms with Crippen LogP contribution in [0.2, 0.25) is 0 Å². The molecule has 4 saturated carbocycles. The molecule has 0 heteroatoms. The monoisotopic (exact) mass is 344 g/mol. The van der Waals surface area contributed by atoms with Gasteiger partial charge in [-0.05, 0) is 97.2 Å². The molecular formula is C25H44. The zero-order valence-electron chi connectivity index (χ0n) is 17.8. The molecule has 0 N–H and O–H groups in total. The summed E-state index contributed by atoms with van der Waals surface area (Å²) < 4.78 is 0. The lowest BCUT2D eigenvalue weighted by Crippen LogP contribution is -2.39. The third kappa shape index (κ3) is 2.93. The Morgan fingerprint density at radius 1 is 0.880 bits per heavy atom. The van der Waals surface area contributed by atoms with E-state index in [-0.39, 0.29) is 0 Å². The van der Waals surface area contributed by atoms with Gasteiger partial charge in [-0.1, -0.05) is 60.3 Å². The number of hydrogen-bond acceptors (Lipinski definition) is 0. The zero-order chi connectivity index (χ0) is 17.8. The molecule has 0 aromatic heterocycles. The molecule has 4 aliphatic rings. The van der Waals surface area contributed by atoms with Gasteiger partial charge in [0.1, 0.15) is 0 Å². The molecule has 0 aliphatic heterocycles. The van der Waals surface area contributed by atoms with Crippen LogP contribution in [0.1, 0.15) is 105 Å². The summed E-state index contributed by atoms with van der Waals surface area (Å²) in [7, 11) is 0. The molecular weight excluding hydrogens is 300 g/mol. The number of rotatable bonds is 1. The van der Waals surface area contributed by atoms with Gasteiger partial charge in [-0.2, -0.15) is 0 Å². The Kier molecular flexibility index (Phi) is 4.82. The average molecular weight is 345 g/mol. The zero-order valence-corrected chi connectivity index (χ0v) is 17.8. The normalized spacial score (nSPS) is 56.3. The third-order valence-electron chi connectivity index (χ3n) is 10.6. The highest BCUT2D eigenvalue weighted by Crippen LogP contribution is 2.66. The van der Waals surface area contributed by atoms with Crippen molar-refractivity contribution in [2.45, 2.75) is 105 Å². The Balaban J connectivity index is 1.72. The van der Waals surface area contributed by atoms with Gasteiger partial charge in [-0.3, -0.25) is 0 Å². The van der Waals surface area contributed by atoms with Crippen molar-refractivity contribution in [3.63, 3.8) is 0 Å². The molecule has 4 aliphatic carbocycles. The second-order valence-corrected chi connectivity index (χ2v) is 11.4. The second-order valence-electron chi connectivity index (χ2n) is 11.4. The fraction of sp³-hybridized carbons (Fsp3) is 1.00. The van der Waals surface area contributed by atoms with Crippen molar-refractivity contribution in [2.24, 2.45) is 52.3 Å². The van der Waals surface area contributed by atoms with E-state index in [2.05, 4.69) is 34.6 Å². The van der Waals surface area contributed by atoms with Gasteiger partial charge in [0, 0.05) is 0 Å². The highest BCUT2D eigenvalue weighted by molar-refractivity contribution is 5.07. The van der Waals surface area contributed by atoms with Gasteiger partial charge < -0.3 is 0 Å². The molecule has 0 nitrogen and oxygen atoms in total. The van der Waals surface area contributed by atoms with E-state index in [9.17, 15) is 0 Å². The number of hydrogen-bond donors (Lipinski definition) is 0. The van der Waals surface area contributed by atoms with Crippen molar-refractivity contribution >= 4 is 0 Å². The van der Waals surface area contributed by atoms with Crippen LogP contribution in [0.4, 0.5) is 0 Å². The average Bonchev–Trinajstić information content (AvgIpc) is 3.17. The summed E-state index contributed by atoms with van der Waals surface area (Å²) in [6.07, 6.45) is 16.8. The summed E-state index contributed by atoms with van der Waals surface area (Å²) in [6, 6.07) is 0. The molecule has 2 bridgehead atoms. The molecule has 144 valence electrons. The Morgan fingerprint density at radius 2 is 1.60 bits per heavy atom. The summed E-state index contributed by atoms with van der Waals surface area (Å²) in [6.45, 7) is 13.2. The van der Waals surface area contributed by atoms with Crippen LogP contribution in [0.15, 0.2) is 0 Å². The summed E-state index contributed by atoms with van der Waals surface area (Å²) in [5, 5.41) is 0. The summed E-state index contributed by atoms with van der Waals surface area (Å²) in [4.78, 5) is 0. The second kappa shape index (κ2) is 6.56.